The van der Waals surface area contributed by atoms with Crippen molar-refractivity contribution >= 4 is 28.8 Å². The van der Waals surface area contributed by atoms with E-state index < -0.39 is 6.04 Å². The molecular formula is C27H25ClN2O4. The van der Waals surface area contributed by atoms with Gasteiger partial charge in [0.05, 0.1) is 31.6 Å². The quantitative estimate of drug-likeness (QED) is 0.426. The Hall–Kier alpha value is -3.64. The number of para-hydroxylation sites is 2. The molecule has 0 saturated heterocycles. The number of rotatable bonds is 4. The lowest BCUT2D eigenvalue weighted by Crippen LogP contribution is -2.27. The topological polar surface area (TPSA) is 79.8 Å². The Balaban J connectivity index is 1.64. The molecule has 3 aromatic rings. The van der Waals surface area contributed by atoms with Gasteiger partial charge in [0.15, 0.2) is 17.3 Å². The van der Waals surface area contributed by atoms with Gasteiger partial charge in [-0.2, -0.15) is 0 Å². The monoisotopic (exact) mass is 476 g/mol. The second-order valence-electron chi connectivity index (χ2n) is 8.49. The lowest BCUT2D eigenvalue weighted by atomic mass is 9.78. The zero-order valence-corrected chi connectivity index (χ0v) is 19.6. The van der Waals surface area contributed by atoms with Gasteiger partial charge in [0, 0.05) is 22.7 Å². The number of carbonyl (C=O) groups is 1. The zero-order chi connectivity index (χ0) is 23.8. The summed E-state index contributed by atoms with van der Waals surface area (Å²) in [7, 11) is 2.98. The maximum absolute atomic E-state index is 13.7. The number of hydrogen-bond donors (Lipinski definition) is 3. The van der Waals surface area contributed by atoms with Gasteiger partial charge in [0.25, 0.3) is 0 Å². The van der Waals surface area contributed by atoms with Crippen LogP contribution < -0.4 is 20.1 Å². The van der Waals surface area contributed by atoms with E-state index in [9.17, 15) is 9.90 Å². The minimum atomic E-state index is -0.451. The van der Waals surface area contributed by atoms with Gasteiger partial charge in [-0.05, 0) is 59.9 Å². The first-order chi connectivity index (χ1) is 16.5. The van der Waals surface area contributed by atoms with E-state index in [0.717, 1.165) is 28.2 Å². The van der Waals surface area contributed by atoms with Gasteiger partial charge < -0.3 is 25.2 Å². The van der Waals surface area contributed by atoms with Crippen LogP contribution in [0.15, 0.2) is 71.9 Å². The Bertz CT molecular complexity index is 1260. The lowest BCUT2D eigenvalue weighted by Gasteiger charge is -2.30. The van der Waals surface area contributed by atoms with Crippen molar-refractivity contribution in [2.45, 2.75) is 24.8 Å². The fraction of sp³-hybridized carbons (Fsp3) is 0.222. The third kappa shape index (κ3) is 3.94. The molecule has 2 aliphatic rings. The molecule has 0 bridgehead atoms. The van der Waals surface area contributed by atoms with Crippen molar-refractivity contribution in [3.05, 3.63) is 88.1 Å². The molecule has 1 aliphatic heterocycles. The lowest BCUT2D eigenvalue weighted by molar-refractivity contribution is -0.116. The summed E-state index contributed by atoms with van der Waals surface area (Å²) in [6.45, 7) is 0. The molecule has 1 heterocycles. The number of aromatic hydroxyl groups is 1. The molecule has 5 rings (SSSR count). The molecule has 3 N–H and O–H groups in total. The van der Waals surface area contributed by atoms with Gasteiger partial charge in [-0.3, -0.25) is 4.79 Å². The predicted molar refractivity (Wildman–Crippen MR) is 133 cm³/mol. The third-order valence-electron chi connectivity index (χ3n) is 6.49. The van der Waals surface area contributed by atoms with Crippen LogP contribution in [0.3, 0.4) is 0 Å². The van der Waals surface area contributed by atoms with Gasteiger partial charge in [0.1, 0.15) is 0 Å². The number of fused-ring (bicyclic) bond motifs is 1. The minimum absolute atomic E-state index is 0.0471. The summed E-state index contributed by atoms with van der Waals surface area (Å²) in [4.78, 5) is 13.7. The van der Waals surface area contributed by atoms with Crippen molar-refractivity contribution in [1.82, 2.24) is 0 Å². The van der Waals surface area contributed by atoms with Gasteiger partial charge in [-0.25, -0.2) is 0 Å². The zero-order valence-electron chi connectivity index (χ0n) is 18.9. The van der Waals surface area contributed by atoms with E-state index in [1.54, 1.807) is 12.1 Å². The van der Waals surface area contributed by atoms with E-state index in [1.807, 2.05) is 48.5 Å². The highest BCUT2D eigenvalue weighted by Crippen LogP contribution is 2.47. The Morgan fingerprint density at radius 2 is 1.56 bits per heavy atom. The highest BCUT2D eigenvalue weighted by atomic mass is 35.5. The van der Waals surface area contributed by atoms with Crippen molar-refractivity contribution < 1.29 is 19.4 Å². The number of ether oxygens (including phenoxy) is 2. The number of hydrogen-bond acceptors (Lipinski definition) is 6. The first-order valence-electron chi connectivity index (χ1n) is 11.1. The molecule has 7 heteroatoms. The number of allylic oxidation sites excluding steroid dienone is 1. The average Bonchev–Trinajstić information content (AvgIpc) is 3.01. The van der Waals surface area contributed by atoms with E-state index in [0.29, 0.717) is 23.4 Å². The molecule has 34 heavy (non-hydrogen) atoms. The molecule has 6 nitrogen and oxygen atoms in total. The van der Waals surface area contributed by atoms with E-state index in [1.165, 1.54) is 14.2 Å². The maximum Gasteiger partial charge on any atom is 0.200 e. The molecule has 0 radical (unpaired) electrons. The Morgan fingerprint density at radius 1 is 0.912 bits per heavy atom. The molecule has 3 aromatic carbocycles. The molecule has 2 atom stereocenters. The van der Waals surface area contributed by atoms with E-state index in [2.05, 4.69) is 10.6 Å². The van der Waals surface area contributed by atoms with Crippen LogP contribution in [0.5, 0.6) is 17.2 Å². The van der Waals surface area contributed by atoms with Crippen LogP contribution in [-0.4, -0.2) is 25.1 Å². The van der Waals surface area contributed by atoms with Crippen LogP contribution in [-0.2, 0) is 4.79 Å². The summed E-state index contributed by atoms with van der Waals surface area (Å²) < 4.78 is 10.8. The number of halogens is 1. The highest BCUT2D eigenvalue weighted by molar-refractivity contribution is 6.30. The van der Waals surface area contributed by atoms with Crippen LogP contribution in [0, 0.1) is 0 Å². The van der Waals surface area contributed by atoms with E-state index >= 15 is 0 Å². The fourth-order valence-corrected chi connectivity index (χ4v) is 4.92. The number of phenols is 1. The van der Waals surface area contributed by atoms with Crippen LogP contribution in [0.25, 0.3) is 0 Å². The average molecular weight is 477 g/mol. The van der Waals surface area contributed by atoms with Gasteiger partial charge in [-0.15, -0.1) is 0 Å². The number of Topliss-reactive ketones (excluding diaryl/α,β-unsaturated/α-hetero) is 1. The SMILES string of the molecule is COc1cc(C2Nc3ccccc3NC3=C2C(=O)CC(c2ccc(Cl)cc2)C3)cc(OC)c1O. The van der Waals surface area contributed by atoms with Crippen molar-refractivity contribution in [2.24, 2.45) is 0 Å². The third-order valence-corrected chi connectivity index (χ3v) is 6.74. The number of benzene rings is 3. The smallest absolute Gasteiger partial charge is 0.200 e. The molecule has 2 unspecified atom stereocenters. The second-order valence-corrected chi connectivity index (χ2v) is 8.93. The number of anilines is 2. The molecule has 1 aliphatic carbocycles. The van der Waals surface area contributed by atoms with Crippen LogP contribution in [0.4, 0.5) is 11.4 Å². The molecule has 0 fully saturated rings. The minimum Gasteiger partial charge on any atom is -0.502 e. The number of phenolic OH excluding ortho intramolecular Hbond substituents is 1. The standard InChI is InChI=1S/C27H25ClN2O4/c1-33-23-13-17(14-24(34-2)27(23)32)26-25-21(29-19-5-3-4-6-20(19)30-26)11-16(12-22(25)31)15-7-9-18(28)10-8-15/h3-10,13-14,16,26,29-30,32H,11-12H2,1-2H3. The van der Waals surface area contributed by atoms with E-state index in [4.69, 9.17) is 21.1 Å². The molecule has 0 aromatic heterocycles. The Labute approximate surface area is 203 Å². The largest absolute Gasteiger partial charge is 0.502 e. The maximum atomic E-state index is 13.7. The molecule has 174 valence electrons. The van der Waals surface area contributed by atoms with Gasteiger partial charge >= 0.3 is 0 Å². The second kappa shape index (κ2) is 8.95. The molecule has 0 amide bonds. The van der Waals surface area contributed by atoms with Crippen LogP contribution in [0.2, 0.25) is 5.02 Å². The van der Waals surface area contributed by atoms with Crippen LogP contribution in [0.1, 0.15) is 35.9 Å². The van der Waals surface area contributed by atoms with Gasteiger partial charge in [0.2, 0.25) is 5.75 Å². The molecule has 0 spiro atoms. The summed E-state index contributed by atoms with van der Waals surface area (Å²) in [6, 6.07) is 18.6. The summed E-state index contributed by atoms with van der Waals surface area (Å²) in [5.41, 5.74) is 5.18. The summed E-state index contributed by atoms with van der Waals surface area (Å²) in [5, 5.41) is 18.2. The number of nitrogens with one attached hydrogen (secondary N) is 2. The van der Waals surface area contributed by atoms with E-state index in [-0.39, 0.29) is 28.9 Å². The van der Waals surface area contributed by atoms with Crippen molar-refractivity contribution in [3.8, 4) is 17.2 Å². The van der Waals surface area contributed by atoms with Crippen molar-refractivity contribution in [1.29, 1.82) is 0 Å². The number of carbonyl (C=O) groups excluding carboxylic acids is 1. The summed E-state index contributed by atoms with van der Waals surface area (Å²) in [5.74, 6) is 0.598. The summed E-state index contributed by atoms with van der Waals surface area (Å²) in [6.07, 6.45) is 1.07. The van der Waals surface area contributed by atoms with Crippen molar-refractivity contribution in [2.75, 3.05) is 24.9 Å². The number of methoxy groups -OCH3 is 2. The Morgan fingerprint density at radius 3 is 2.21 bits per heavy atom. The molecular weight excluding hydrogens is 452 g/mol. The highest BCUT2D eigenvalue weighted by Gasteiger charge is 2.36. The molecule has 0 saturated carbocycles. The summed E-state index contributed by atoms with van der Waals surface area (Å²) >= 11 is 6.08. The first kappa shape index (κ1) is 22.2. The Kier molecular flexibility index (Phi) is 5.84. The number of ketones is 1. The first-order valence-corrected chi connectivity index (χ1v) is 11.5. The predicted octanol–water partition coefficient (Wildman–Crippen LogP) is 6.04. The van der Waals surface area contributed by atoms with Crippen LogP contribution >= 0.6 is 11.6 Å². The fourth-order valence-electron chi connectivity index (χ4n) is 4.79. The normalized spacial score (nSPS) is 19.3. The van der Waals surface area contributed by atoms with Crippen molar-refractivity contribution in [3.63, 3.8) is 0 Å². The van der Waals surface area contributed by atoms with Gasteiger partial charge in [-0.1, -0.05) is 35.9 Å².